The quantitative estimate of drug-likeness (QED) is 0.338. The Hall–Kier alpha value is -1.57. The van der Waals surface area contributed by atoms with Crippen LogP contribution in [0, 0.1) is 11.3 Å². The molecule has 1 fully saturated rings. The van der Waals surface area contributed by atoms with Crippen LogP contribution in [0.1, 0.15) is 12.8 Å². The van der Waals surface area contributed by atoms with Crippen molar-refractivity contribution in [1.82, 2.24) is 4.90 Å². The lowest BCUT2D eigenvalue weighted by atomic mass is 10.3. The molecule has 1 heterocycles. The number of carbonyl (C=O) groups excluding carboxylic acids is 1. The van der Waals surface area contributed by atoms with Gasteiger partial charge in [0, 0.05) is 13.1 Å². The number of nitriles is 1. The highest BCUT2D eigenvalue weighted by molar-refractivity contribution is 6.44. The minimum atomic E-state index is -0.475. The Morgan fingerprint density at radius 2 is 2.08 bits per heavy atom. The largest absolute Gasteiger partial charge is 0.410 e. The van der Waals surface area contributed by atoms with Gasteiger partial charge in [0.15, 0.2) is 0 Å². The van der Waals surface area contributed by atoms with Crippen LogP contribution in [0.4, 0.5) is 0 Å². The zero-order valence-corrected chi connectivity index (χ0v) is 6.53. The number of carbonyl (C=O) groups is 1. The van der Waals surface area contributed by atoms with Crippen molar-refractivity contribution in [3.63, 3.8) is 0 Å². The number of nitrogens with zero attached hydrogens (tertiary/aromatic N) is 3. The van der Waals surface area contributed by atoms with Gasteiger partial charge in [-0.2, -0.15) is 5.26 Å². The molecule has 1 aliphatic heterocycles. The van der Waals surface area contributed by atoms with Crippen LogP contribution in [0.15, 0.2) is 5.16 Å². The molecular weight excluding hydrogens is 158 g/mol. The minimum Gasteiger partial charge on any atom is -0.410 e. The van der Waals surface area contributed by atoms with Crippen molar-refractivity contribution >= 4 is 11.6 Å². The Morgan fingerprint density at radius 3 is 2.50 bits per heavy atom. The van der Waals surface area contributed by atoms with Gasteiger partial charge in [-0.3, -0.25) is 4.79 Å². The lowest BCUT2D eigenvalue weighted by Gasteiger charge is -2.11. The maximum absolute atomic E-state index is 11.2. The van der Waals surface area contributed by atoms with Crippen molar-refractivity contribution < 1.29 is 10.0 Å². The Labute approximate surface area is 69.9 Å². The molecule has 1 rings (SSSR count). The average Bonchev–Trinajstić information content (AvgIpc) is 2.58. The van der Waals surface area contributed by atoms with Gasteiger partial charge >= 0.3 is 0 Å². The summed E-state index contributed by atoms with van der Waals surface area (Å²) in [4.78, 5) is 12.7. The number of oxime groups is 1. The van der Waals surface area contributed by atoms with Gasteiger partial charge in [-0.05, 0) is 12.8 Å². The van der Waals surface area contributed by atoms with Gasteiger partial charge in [-0.15, -0.1) is 0 Å². The van der Waals surface area contributed by atoms with Crippen molar-refractivity contribution in [2.45, 2.75) is 12.8 Å². The van der Waals surface area contributed by atoms with Crippen LogP contribution in [-0.4, -0.2) is 34.8 Å². The first-order chi connectivity index (χ1) is 5.79. The van der Waals surface area contributed by atoms with Gasteiger partial charge < -0.3 is 10.1 Å². The van der Waals surface area contributed by atoms with Crippen LogP contribution < -0.4 is 0 Å². The molecule has 0 radical (unpaired) electrons. The molecule has 0 atom stereocenters. The van der Waals surface area contributed by atoms with Crippen LogP contribution in [0.2, 0.25) is 0 Å². The zero-order chi connectivity index (χ0) is 8.97. The van der Waals surface area contributed by atoms with E-state index in [0.29, 0.717) is 13.1 Å². The number of likely N-dealkylation sites (tertiary alicyclic amines) is 1. The third-order valence-corrected chi connectivity index (χ3v) is 1.80. The highest BCUT2D eigenvalue weighted by Crippen LogP contribution is 2.07. The fraction of sp³-hybridized carbons (Fsp3) is 0.571. The van der Waals surface area contributed by atoms with E-state index in [1.54, 1.807) is 0 Å². The Kier molecular flexibility index (Phi) is 2.64. The van der Waals surface area contributed by atoms with E-state index in [9.17, 15) is 4.79 Å². The standard InChI is InChI=1S/C7H9N3O2/c8-5-6(9-12)7(11)10-3-1-2-4-10/h12H,1-4H2/b9-6+. The van der Waals surface area contributed by atoms with Crippen LogP contribution in [0.25, 0.3) is 0 Å². The summed E-state index contributed by atoms with van der Waals surface area (Å²) < 4.78 is 0. The van der Waals surface area contributed by atoms with Crippen molar-refractivity contribution in [2.75, 3.05) is 13.1 Å². The molecule has 0 aromatic heterocycles. The predicted octanol–water partition coefficient (Wildman–Crippen LogP) is -0.0374. The Morgan fingerprint density at radius 1 is 1.50 bits per heavy atom. The maximum atomic E-state index is 11.2. The average molecular weight is 167 g/mol. The van der Waals surface area contributed by atoms with E-state index < -0.39 is 11.6 Å². The monoisotopic (exact) mass is 167 g/mol. The van der Waals surface area contributed by atoms with Gasteiger partial charge in [0.1, 0.15) is 6.07 Å². The summed E-state index contributed by atoms with van der Waals surface area (Å²) in [6.45, 7) is 1.30. The van der Waals surface area contributed by atoms with E-state index in [4.69, 9.17) is 10.5 Å². The fourth-order valence-electron chi connectivity index (χ4n) is 1.18. The summed E-state index contributed by atoms with van der Waals surface area (Å²) in [5.74, 6) is -0.475. The van der Waals surface area contributed by atoms with Crippen LogP contribution in [-0.2, 0) is 4.79 Å². The van der Waals surface area contributed by atoms with E-state index in [0.717, 1.165) is 12.8 Å². The smallest absolute Gasteiger partial charge is 0.286 e. The van der Waals surface area contributed by atoms with Gasteiger partial charge in [-0.1, -0.05) is 5.16 Å². The molecule has 5 heteroatoms. The molecule has 1 N–H and O–H groups in total. The molecule has 64 valence electrons. The molecule has 1 saturated heterocycles. The molecule has 1 aliphatic rings. The molecule has 0 bridgehead atoms. The number of amides is 1. The summed E-state index contributed by atoms with van der Waals surface area (Å²) in [7, 11) is 0. The first-order valence-electron chi connectivity index (χ1n) is 3.71. The molecule has 5 nitrogen and oxygen atoms in total. The van der Waals surface area contributed by atoms with E-state index in [1.165, 1.54) is 11.0 Å². The first kappa shape index (κ1) is 8.53. The van der Waals surface area contributed by atoms with Crippen LogP contribution >= 0.6 is 0 Å². The normalized spacial score (nSPS) is 17.6. The van der Waals surface area contributed by atoms with E-state index in [1.807, 2.05) is 0 Å². The van der Waals surface area contributed by atoms with Gasteiger partial charge in [0.25, 0.3) is 5.91 Å². The van der Waals surface area contributed by atoms with Crippen LogP contribution in [0.5, 0.6) is 0 Å². The maximum Gasteiger partial charge on any atom is 0.286 e. The first-order valence-corrected chi connectivity index (χ1v) is 3.71. The summed E-state index contributed by atoms with van der Waals surface area (Å²) in [6.07, 6.45) is 1.91. The van der Waals surface area contributed by atoms with E-state index >= 15 is 0 Å². The third-order valence-electron chi connectivity index (χ3n) is 1.80. The van der Waals surface area contributed by atoms with E-state index in [-0.39, 0.29) is 0 Å². The second-order valence-corrected chi connectivity index (χ2v) is 2.56. The Balaban J connectivity index is 2.64. The number of rotatable bonds is 1. The molecule has 0 saturated carbocycles. The fourth-order valence-corrected chi connectivity index (χ4v) is 1.18. The summed E-state index contributed by atoms with van der Waals surface area (Å²) in [6, 6.07) is 1.54. The van der Waals surface area contributed by atoms with E-state index in [2.05, 4.69) is 5.16 Å². The van der Waals surface area contributed by atoms with Crippen molar-refractivity contribution in [1.29, 1.82) is 5.26 Å². The predicted molar refractivity (Wildman–Crippen MR) is 40.6 cm³/mol. The summed E-state index contributed by atoms with van der Waals surface area (Å²) in [5.41, 5.74) is -0.433. The molecule has 0 spiro atoms. The lowest BCUT2D eigenvalue weighted by molar-refractivity contribution is -0.123. The molecule has 0 aromatic carbocycles. The second-order valence-electron chi connectivity index (χ2n) is 2.56. The topological polar surface area (TPSA) is 76.7 Å². The Bertz CT molecular complexity index is 248. The van der Waals surface area contributed by atoms with Crippen molar-refractivity contribution in [3.8, 4) is 6.07 Å². The molecule has 0 aromatic rings. The minimum absolute atomic E-state index is 0.433. The zero-order valence-electron chi connectivity index (χ0n) is 6.53. The lowest BCUT2D eigenvalue weighted by Crippen LogP contribution is -2.33. The summed E-state index contributed by atoms with van der Waals surface area (Å²) >= 11 is 0. The molecular formula is C7H9N3O2. The van der Waals surface area contributed by atoms with Gasteiger partial charge in [0.05, 0.1) is 0 Å². The van der Waals surface area contributed by atoms with Gasteiger partial charge in [-0.25, -0.2) is 0 Å². The SMILES string of the molecule is N#C/C(=N\O)C(=O)N1CCCC1. The van der Waals surface area contributed by atoms with Gasteiger partial charge in [0.2, 0.25) is 5.71 Å². The highest BCUT2D eigenvalue weighted by Gasteiger charge is 2.22. The number of hydrogen-bond donors (Lipinski definition) is 1. The number of hydrogen-bond acceptors (Lipinski definition) is 4. The third kappa shape index (κ3) is 1.53. The van der Waals surface area contributed by atoms with Crippen LogP contribution in [0.3, 0.4) is 0 Å². The van der Waals surface area contributed by atoms with Crippen molar-refractivity contribution in [2.24, 2.45) is 5.16 Å². The summed E-state index contributed by atoms with van der Waals surface area (Å²) in [5, 5.41) is 19.3. The highest BCUT2D eigenvalue weighted by atomic mass is 16.4. The second kappa shape index (κ2) is 3.72. The molecule has 0 aliphatic carbocycles. The molecule has 12 heavy (non-hydrogen) atoms. The van der Waals surface area contributed by atoms with Crippen molar-refractivity contribution in [3.05, 3.63) is 0 Å². The molecule has 1 amide bonds. The molecule has 0 unspecified atom stereocenters.